The molecule has 1 amide bonds. The van der Waals surface area contributed by atoms with Gasteiger partial charge >= 0.3 is 5.69 Å². The van der Waals surface area contributed by atoms with E-state index >= 15 is 0 Å². The molecule has 3 heterocycles. The van der Waals surface area contributed by atoms with Crippen molar-refractivity contribution < 1.29 is 14.3 Å². The maximum absolute atomic E-state index is 12.7. The highest BCUT2D eigenvalue weighted by Gasteiger charge is 2.16. The van der Waals surface area contributed by atoms with Crippen molar-refractivity contribution >= 4 is 43.6 Å². The van der Waals surface area contributed by atoms with E-state index in [9.17, 15) is 14.4 Å². The standard InChI is InChI=1S/C19H17N5O5S/c1-23-15-10(17(26)24(2)19(23)27)5-9(8-20-15)16(25)22-18-21-11-6-12(28-3)13(29-4)7-14(11)30-18/h5-8H,1-4H3,(H,21,22,25). The molecule has 11 heteroatoms. The third kappa shape index (κ3) is 3.08. The van der Waals surface area contributed by atoms with Gasteiger partial charge < -0.3 is 9.47 Å². The number of benzene rings is 1. The zero-order chi connectivity index (χ0) is 21.6. The lowest BCUT2D eigenvalue weighted by Crippen LogP contribution is -2.37. The van der Waals surface area contributed by atoms with Gasteiger partial charge in [0.25, 0.3) is 11.5 Å². The van der Waals surface area contributed by atoms with Gasteiger partial charge in [0.05, 0.1) is 35.4 Å². The molecule has 3 aromatic heterocycles. The maximum atomic E-state index is 12.7. The van der Waals surface area contributed by atoms with E-state index in [1.54, 1.807) is 19.2 Å². The number of methoxy groups -OCH3 is 2. The summed E-state index contributed by atoms with van der Waals surface area (Å²) in [5.74, 6) is 0.623. The highest BCUT2D eigenvalue weighted by molar-refractivity contribution is 7.22. The minimum atomic E-state index is -0.519. The van der Waals surface area contributed by atoms with Crippen LogP contribution in [0.4, 0.5) is 5.13 Å². The number of nitrogens with one attached hydrogen (secondary N) is 1. The van der Waals surface area contributed by atoms with E-state index in [1.807, 2.05) is 0 Å². The molecule has 0 spiro atoms. The SMILES string of the molecule is COc1cc2nc(NC(=O)c3cnc4c(c3)c(=O)n(C)c(=O)n4C)sc2cc1OC. The van der Waals surface area contributed by atoms with Crippen LogP contribution in [0.25, 0.3) is 21.3 Å². The maximum Gasteiger partial charge on any atom is 0.332 e. The first-order chi connectivity index (χ1) is 14.3. The molecule has 1 aromatic carbocycles. The largest absolute Gasteiger partial charge is 0.493 e. The third-order valence-electron chi connectivity index (χ3n) is 4.67. The molecule has 0 saturated heterocycles. The van der Waals surface area contributed by atoms with Gasteiger partial charge in [-0.1, -0.05) is 11.3 Å². The average Bonchev–Trinajstić information content (AvgIpc) is 3.15. The van der Waals surface area contributed by atoms with Gasteiger partial charge in [-0.25, -0.2) is 14.8 Å². The highest BCUT2D eigenvalue weighted by Crippen LogP contribution is 2.36. The van der Waals surface area contributed by atoms with Crippen LogP contribution < -0.4 is 26.0 Å². The molecular formula is C19H17N5O5S. The Hall–Kier alpha value is -3.73. The van der Waals surface area contributed by atoms with Crippen molar-refractivity contribution in [1.29, 1.82) is 0 Å². The summed E-state index contributed by atoms with van der Waals surface area (Å²) in [5.41, 5.74) is 0.0203. The molecule has 4 rings (SSSR count). The van der Waals surface area contributed by atoms with Crippen molar-refractivity contribution in [2.75, 3.05) is 19.5 Å². The number of aromatic nitrogens is 4. The minimum Gasteiger partial charge on any atom is -0.493 e. The predicted molar refractivity (Wildman–Crippen MR) is 113 cm³/mol. The molecule has 0 radical (unpaired) electrons. The number of amides is 1. The van der Waals surface area contributed by atoms with Crippen molar-refractivity contribution in [2.24, 2.45) is 14.1 Å². The molecule has 0 unspecified atom stereocenters. The number of ether oxygens (including phenoxy) is 2. The Labute approximate surface area is 173 Å². The number of hydrogen-bond acceptors (Lipinski definition) is 8. The molecule has 0 aliphatic rings. The Morgan fingerprint density at radius 2 is 1.77 bits per heavy atom. The lowest BCUT2D eigenvalue weighted by molar-refractivity contribution is 0.102. The third-order valence-corrected chi connectivity index (χ3v) is 5.60. The van der Waals surface area contributed by atoms with Gasteiger partial charge in [0.1, 0.15) is 5.65 Å². The van der Waals surface area contributed by atoms with Crippen molar-refractivity contribution in [2.45, 2.75) is 0 Å². The number of aryl methyl sites for hydroxylation is 1. The van der Waals surface area contributed by atoms with Crippen LogP contribution in [0, 0.1) is 0 Å². The summed E-state index contributed by atoms with van der Waals surface area (Å²) in [6, 6.07) is 4.92. The number of nitrogens with zero attached hydrogens (tertiary/aromatic N) is 4. The normalized spacial score (nSPS) is 11.1. The minimum absolute atomic E-state index is 0.172. The molecule has 30 heavy (non-hydrogen) atoms. The van der Waals surface area contributed by atoms with Gasteiger partial charge in [0.15, 0.2) is 16.6 Å². The number of fused-ring (bicyclic) bond motifs is 2. The van der Waals surface area contributed by atoms with Crippen molar-refractivity contribution in [3.63, 3.8) is 0 Å². The van der Waals surface area contributed by atoms with Gasteiger partial charge in [-0.15, -0.1) is 0 Å². The zero-order valence-corrected chi connectivity index (χ0v) is 17.4. The molecule has 0 saturated carbocycles. The van der Waals surface area contributed by atoms with E-state index in [2.05, 4.69) is 15.3 Å². The van der Waals surface area contributed by atoms with E-state index < -0.39 is 17.2 Å². The fourth-order valence-electron chi connectivity index (χ4n) is 3.07. The molecule has 154 valence electrons. The fourth-order valence-corrected chi connectivity index (χ4v) is 3.94. The summed E-state index contributed by atoms with van der Waals surface area (Å²) in [5, 5.41) is 3.26. The molecule has 0 aliphatic carbocycles. The number of carbonyl (C=O) groups is 1. The monoisotopic (exact) mass is 427 g/mol. The number of carbonyl (C=O) groups excluding carboxylic acids is 1. The topological polar surface area (TPSA) is 117 Å². The van der Waals surface area contributed by atoms with Crippen LogP contribution in [0.1, 0.15) is 10.4 Å². The van der Waals surface area contributed by atoms with Crippen LogP contribution in [0.15, 0.2) is 34.0 Å². The van der Waals surface area contributed by atoms with E-state index in [-0.39, 0.29) is 16.6 Å². The van der Waals surface area contributed by atoms with Gasteiger partial charge in [-0.2, -0.15) is 0 Å². The summed E-state index contributed by atoms with van der Waals surface area (Å²) in [6.45, 7) is 0. The summed E-state index contributed by atoms with van der Waals surface area (Å²) < 4.78 is 13.6. The van der Waals surface area contributed by atoms with E-state index in [4.69, 9.17) is 9.47 Å². The van der Waals surface area contributed by atoms with Crippen LogP contribution in [0.2, 0.25) is 0 Å². The Bertz CT molecular complexity index is 1390. The summed E-state index contributed by atoms with van der Waals surface area (Å²) in [6.07, 6.45) is 1.32. The molecule has 1 N–H and O–H groups in total. The molecule has 0 aliphatic heterocycles. The molecule has 0 atom stereocenters. The van der Waals surface area contributed by atoms with Crippen LogP contribution >= 0.6 is 11.3 Å². The molecule has 10 nitrogen and oxygen atoms in total. The number of hydrogen-bond donors (Lipinski definition) is 1. The lowest BCUT2D eigenvalue weighted by atomic mass is 10.2. The zero-order valence-electron chi connectivity index (χ0n) is 16.5. The van der Waals surface area contributed by atoms with Crippen molar-refractivity contribution in [3.8, 4) is 11.5 Å². The first-order valence-corrected chi connectivity index (χ1v) is 9.55. The van der Waals surface area contributed by atoms with Crippen molar-refractivity contribution in [1.82, 2.24) is 19.1 Å². The Kier molecular flexibility index (Phi) is 4.74. The first kappa shape index (κ1) is 19.6. The molecule has 0 bridgehead atoms. The van der Waals surface area contributed by atoms with Gasteiger partial charge in [0.2, 0.25) is 0 Å². The van der Waals surface area contributed by atoms with Gasteiger partial charge in [-0.3, -0.25) is 24.0 Å². The second kappa shape index (κ2) is 7.26. The van der Waals surface area contributed by atoms with Crippen LogP contribution in [0.3, 0.4) is 0 Å². The second-order valence-corrected chi connectivity index (χ2v) is 7.48. The Morgan fingerprint density at radius 3 is 2.47 bits per heavy atom. The predicted octanol–water partition coefficient (Wildman–Crippen LogP) is 1.51. The number of anilines is 1. The van der Waals surface area contributed by atoms with Gasteiger partial charge in [-0.05, 0) is 6.07 Å². The highest BCUT2D eigenvalue weighted by atomic mass is 32.1. The fraction of sp³-hybridized carbons (Fsp3) is 0.211. The quantitative estimate of drug-likeness (QED) is 0.525. The number of thiazole rings is 1. The van der Waals surface area contributed by atoms with Gasteiger partial charge in [0, 0.05) is 32.4 Å². The number of pyridine rings is 1. The van der Waals surface area contributed by atoms with E-state index in [0.717, 1.165) is 9.27 Å². The van der Waals surface area contributed by atoms with E-state index in [1.165, 1.54) is 49.4 Å². The first-order valence-electron chi connectivity index (χ1n) is 8.73. The second-order valence-electron chi connectivity index (χ2n) is 6.45. The summed E-state index contributed by atoms with van der Waals surface area (Å²) >= 11 is 1.27. The molecular weight excluding hydrogens is 410 g/mol. The van der Waals surface area contributed by atoms with Crippen LogP contribution in [0.5, 0.6) is 11.5 Å². The Morgan fingerprint density at radius 1 is 1.07 bits per heavy atom. The van der Waals surface area contributed by atoms with E-state index in [0.29, 0.717) is 22.1 Å². The van der Waals surface area contributed by atoms with Crippen molar-refractivity contribution in [3.05, 3.63) is 50.8 Å². The molecule has 4 aromatic rings. The Balaban J connectivity index is 1.71. The van der Waals surface area contributed by atoms with Crippen LogP contribution in [-0.4, -0.2) is 39.2 Å². The smallest absolute Gasteiger partial charge is 0.332 e. The number of rotatable bonds is 4. The molecule has 0 fully saturated rings. The summed E-state index contributed by atoms with van der Waals surface area (Å²) in [4.78, 5) is 45.7. The summed E-state index contributed by atoms with van der Waals surface area (Å²) in [7, 11) is 5.97. The van der Waals surface area contributed by atoms with Crippen LogP contribution in [-0.2, 0) is 14.1 Å². The average molecular weight is 427 g/mol. The lowest BCUT2D eigenvalue weighted by Gasteiger charge is -2.07.